The Morgan fingerprint density at radius 2 is 2.29 bits per heavy atom. The molecule has 0 atom stereocenters. The zero-order chi connectivity index (χ0) is 12.4. The first-order valence-electron chi connectivity index (χ1n) is 4.69. The zero-order valence-electron chi connectivity index (χ0n) is 8.78. The lowest BCUT2D eigenvalue weighted by Gasteiger charge is -2.02. The van der Waals surface area contributed by atoms with E-state index in [2.05, 4.69) is 15.3 Å². The molecule has 0 aliphatic carbocycles. The Morgan fingerprint density at radius 3 is 2.82 bits per heavy atom. The number of anilines is 1. The van der Waals surface area contributed by atoms with Gasteiger partial charge in [-0.15, -0.1) is 0 Å². The number of aromatic amines is 1. The molecule has 0 aliphatic rings. The van der Waals surface area contributed by atoms with E-state index in [0.29, 0.717) is 10.6 Å². The summed E-state index contributed by atoms with van der Waals surface area (Å²) in [5, 5.41) is 2.47. The largest absolute Gasteiger partial charge is 0.316 e. The van der Waals surface area contributed by atoms with Crippen LogP contribution in [0.2, 0.25) is 0 Å². The molecule has 2 heterocycles. The number of pyridine rings is 1. The van der Waals surface area contributed by atoms with E-state index in [-0.39, 0.29) is 10.7 Å². The molecule has 0 saturated carbocycles. The number of thiazole rings is 1. The maximum Gasteiger partial charge on any atom is 0.305 e. The number of nitrogens with zero attached hydrogens (tertiary/aromatic N) is 1. The fraction of sp³-hybridized carbons (Fsp3) is 0.100. The van der Waals surface area contributed by atoms with Crippen molar-refractivity contribution in [1.82, 2.24) is 9.97 Å². The van der Waals surface area contributed by atoms with Crippen LogP contribution < -0.4 is 10.2 Å². The van der Waals surface area contributed by atoms with Crippen LogP contribution in [0.5, 0.6) is 0 Å². The summed E-state index contributed by atoms with van der Waals surface area (Å²) in [6.45, 7) is 1.63. The van der Waals surface area contributed by atoms with Crippen LogP contribution in [0.15, 0.2) is 23.1 Å². The summed E-state index contributed by atoms with van der Waals surface area (Å²) in [6, 6.07) is 2.53. The third-order valence-corrected chi connectivity index (χ3v) is 2.98. The van der Waals surface area contributed by atoms with Gasteiger partial charge in [0.1, 0.15) is 16.5 Å². The molecule has 2 aromatic heterocycles. The lowest BCUT2D eigenvalue weighted by atomic mass is 10.3. The van der Waals surface area contributed by atoms with Gasteiger partial charge in [0.05, 0.1) is 6.20 Å². The molecule has 7 heteroatoms. The Morgan fingerprint density at radius 1 is 1.53 bits per heavy atom. The van der Waals surface area contributed by atoms with Gasteiger partial charge in [-0.25, -0.2) is 9.37 Å². The van der Waals surface area contributed by atoms with E-state index in [1.54, 1.807) is 6.92 Å². The van der Waals surface area contributed by atoms with E-state index in [0.717, 1.165) is 17.5 Å². The Hall–Kier alpha value is -2.02. The van der Waals surface area contributed by atoms with Gasteiger partial charge >= 0.3 is 4.87 Å². The maximum absolute atomic E-state index is 12.6. The molecule has 5 nitrogen and oxygen atoms in total. The van der Waals surface area contributed by atoms with Gasteiger partial charge in [-0.1, -0.05) is 11.3 Å². The lowest BCUT2D eigenvalue weighted by Crippen LogP contribution is -2.12. The molecule has 0 bridgehead atoms. The Labute approximate surface area is 99.3 Å². The number of hydrogen-bond donors (Lipinski definition) is 2. The standard InChI is InChI=1S/C10H8FN3O2S/c1-5-8(17-10(16)13-5)9(15)14-7-3-2-6(11)4-12-7/h2-4H,1H3,(H,13,16)(H,12,14,15). The van der Waals surface area contributed by atoms with E-state index in [4.69, 9.17) is 0 Å². The number of aryl methyl sites for hydroxylation is 1. The molecule has 0 aromatic carbocycles. The van der Waals surface area contributed by atoms with E-state index in [9.17, 15) is 14.0 Å². The van der Waals surface area contributed by atoms with E-state index in [1.807, 2.05) is 0 Å². The van der Waals surface area contributed by atoms with Gasteiger partial charge in [0.25, 0.3) is 5.91 Å². The minimum atomic E-state index is -0.481. The number of nitrogens with one attached hydrogen (secondary N) is 2. The second kappa shape index (κ2) is 4.46. The summed E-state index contributed by atoms with van der Waals surface area (Å²) < 4.78 is 12.6. The Balaban J connectivity index is 2.20. The first kappa shape index (κ1) is 11.5. The second-order valence-corrected chi connectivity index (χ2v) is 4.27. The number of carbonyl (C=O) groups is 1. The zero-order valence-corrected chi connectivity index (χ0v) is 9.60. The smallest absolute Gasteiger partial charge is 0.305 e. The minimum Gasteiger partial charge on any atom is -0.316 e. The van der Waals surface area contributed by atoms with Gasteiger partial charge in [0.15, 0.2) is 0 Å². The molecule has 2 N–H and O–H groups in total. The van der Waals surface area contributed by atoms with Crippen molar-refractivity contribution in [2.75, 3.05) is 5.32 Å². The molecule has 0 fully saturated rings. The van der Waals surface area contributed by atoms with Crippen molar-refractivity contribution >= 4 is 23.1 Å². The normalized spacial score (nSPS) is 10.2. The van der Waals surface area contributed by atoms with Gasteiger partial charge in [0.2, 0.25) is 0 Å². The van der Waals surface area contributed by atoms with Crippen molar-refractivity contribution in [3.8, 4) is 0 Å². The molecule has 17 heavy (non-hydrogen) atoms. The van der Waals surface area contributed by atoms with Crippen molar-refractivity contribution < 1.29 is 9.18 Å². The van der Waals surface area contributed by atoms with Crippen molar-refractivity contribution in [1.29, 1.82) is 0 Å². The number of H-pyrrole nitrogens is 1. The molecule has 2 aromatic rings. The van der Waals surface area contributed by atoms with E-state index >= 15 is 0 Å². The van der Waals surface area contributed by atoms with Crippen LogP contribution in [0.4, 0.5) is 10.2 Å². The number of amides is 1. The molecule has 0 saturated heterocycles. The monoisotopic (exact) mass is 253 g/mol. The minimum absolute atomic E-state index is 0.233. The molecular formula is C10H8FN3O2S. The highest BCUT2D eigenvalue weighted by Crippen LogP contribution is 2.11. The highest BCUT2D eigenvalue weighted by Gasteiger charge is 2.13. The predicted octanol–water partition coefficient (Wildman–Crippen LogP) is 1.53. The Kier molecular flexibility index (Phi) is 3.01. The first-order valence-corrected chi connectivity index (χ1v) is 5.50. The van der Waals surface area contributed by atoms with Gasteiger partial charge in [-0.2, -0.15) is 0 Å². The molecule has 0 unspecified atom stereocenters. The van der Waals surface area contributed by atoms with Crippen LogP contribution in [0.25, 0.3) is 0 Å². The molecule has 1 amide bonds. The summed E-state index contributed by atoms with van der Waals surface area (Å²) in [7, 11) is 0. The predicted molar refractivity (Wildman–Crippen MR) is 61.8 cm³/mol. The van der Waals surface area contributed by atoms with Crippen molar-refractivity contribution in [2.24, 2.45) is 0 Å². The van der Waals surface area contributed by atoms with Crippen molar-refractivity contribution in [2.45, 2.75) is 6.92 Å². The topological polar surface area (TPSA) is 74.8 Å². The highest BCUT2D eigenvalue weighted by atomic mass is 32.1. The number of aromatic nitrogens is 2. The van der Waals surface area contributed by atoms with Crippen molar-refractivity contribution in [3.63, 3.8) is 0 Å². The van der Waals surface area contributed by atoms with Crippen LogP contribution in [0.3, 0.4) is 0 Å². The van der Waals surface area contributed by atoms with Crippen LogP contribution in [0.1, 0.15) is 15.4 Å². The summed E-state index contributed by atoms with van der Waals surface area (Å²) >= 11 is 0.820. The van der Waals surface area contributed by atoms with Gasteiger partial charge in [0, 0.05) is 5.69 Å². The van der Waals surface area contributed by atoms with Crippen LogP contribution in [-0.2, 0) is 0 Å². The molecule has 0 spiro atoms. The highest BCUT2D eigenvalue weighted by molar-refractivity contribution is 7.11. The fourth-order valence-corrected chi connectivity index (χ4v) is 1.98. The molecule has 0 aliphatic heterocycles. The van der Waals surface area contributed by atoms with Crippen molar-refractivity contribution in [3.05, 3.63) is 44.4 Å². The van der Waals surface area contributed by atoms with E-state index in [1.165, 1.54) is 12.1 Å². The molecule has 2 rings (SSSR count). The Bertz CT molecular complexity index is 603. The maximum atomic E-state index is 12.6. The average Bonchev–Trinajstić information content (AvgIpc) is 2.61. The summed E-state index contributed by atoms with van der Waals surface area (Å²) in [5.41, 5.74) is 0.500. The summed E-state index contributed by atoms with van der Waals surface area (Å²) in [4.78, 5) is 29.0. The first-order chi connectivity index (χ1) is 8.06. The van der Waals surface area contributed by atoms with Crippen LogP contribution in [0, 0.1) is 12.7 Å². The average molecular weight is 253 g/mol. The molecular weight excluding hydrogens is 245 g/mol. The SMILES string of the molecule is Cc1[nH]c(=O)sc1C(=O)Nc1ccc(F)cn1. The second-order valence-electron chi connectivity index (χ2n) is 3.28. The van der Waals surface area contributed by atoms with Gasteiger partial charge in [-0.3, -0.25) is 9.59 Å². The third kappa shape index (κ3) is 2.56. The molecule has 0 radical (unpaired) electrons. The van der Waals surface area contributed by atoms with Crippen LogP contribution in [-0.4, -0.2) is 15.9 Å². The number of hydrogen-bond acceptors (Lipinski definition) is 4. The van der Waals surface area contributed by atoms with Gasteiger partial charge in [-0.05, 0) is 19.1 Å². The number of halogens is 1. The fourth-order valence-electron chi connectivity index (χ4n) is 1.24. The third-order valence-electron chi connectivity index (χ3n) is 2.00. The summed E-state index contributed by atoms with van der Waals surface area (Å²) in [5.74, 6) is -0.688. The quantitative estimate of drug-likeness (QED) is 0.852. The van der Waals surface area contributed by atoms with Crippen LogP contribution >= 0.6 is 11.3 Å². The number of carbonyl (C=O) groups excluding carboxylic acids is 1. The van der Waals surface area contributed by atoms with Gasteiger partial charge < -0.3 is 10.3 Å². The summed E-state index contributed by atoms with van der Waals surface area (Å²) in [6.07, 6.45) is 1.00. The number of rotatable bonds is 2. The lowest BCUT2D eigenvalue weighted by molar-refractivity contribution is 0.102. The molecule has 88 valence electrons. The van der Waals surface area contributed by atoms with E-state index < -0.39 is 11.7 Å².